The van der Waals surface area contributed by atoms with E-state index in [9.17, 15) is 9.18 Å². The fraction of sp³-hybridized carbons (Fsp3) is 0.250. The topological polar surface area (TPSA) is 50.2 Å². The molecule has 0 radical (unpaired) electrons. The predicted octanol–water partition coefficient (Wildman–Crippen LogP) is 2.03. The van der Waals surface area contributed by atoms with Crippen molar-refractivity contribution in [1.82, 2.24) is 4.98 Å². The molecule has 1 N–H and O–H groups in total. The third-order valence-corrected chi connectivity index (χ3v) is 2.22. The van der Waals surface area contributed by atoms with E-state index in [1.54, 1.807) is 0 Å². The number of rotatable bonds is 3. The maximum atomic E-state index is 12.6. The molecule has 1 rings (SSSR count). The smallest absolute Gasteiger partial charge is 0.338 e. The summed E-state index contributed by atoms with van der Waals surface area (Å²) in [5, 5.41) is 9.05. The second-order valence-electron chi connectivity index (χ2n) is 2.24. The molecule has 5 heteroatoms. The van der Waals surface area contributed by atoms with Crippen molar-refractivity contribution in [2.45, 2.75) is 11.9 Å². The van der Waals surface area contributed by atoms with Gasteiger partial charge in [-0.25, -0.2) is 14.2 Å². The van der Waals surface area contributed by atoms with Crippen LogP contribution in [0.25, 0.3) is 0 Å². The van der Waals surface area contributed by atoms with Crippen molar-refractivity contribution in [3.63, 3.8) is 0 Å². The van der Waals surface area contributed by atoms with E-state index in [1.807, 2.05) is 6.92 Å². The molecule has 1 aromatic rings. The average molecular weight is 201 g/mol. The Labute approximate surface area is 79.0 Å². The molecular formula is C8H8FNO2S. The van der Waals surface area contributed by atoms with E-state index in [0.29, 0.717) is 10.8 Å². The Balaban J connectivity index is 3.10. The van der Waals surface area contributed by atoms with Crippen LogP contribution in [0.4, 0.5) is 4.39 Å². The van der Waals surface area contributed by atoms with Crippen molar-refractivity contribution >= 4 is 17.7 Å². The number of hydrogen-bond acceptors (Lipinski definition) is 3. The number of carboxylic acid groups (broad SMARTS) is 1. The Kier molecular flexibility index (Phi) is 3.25. The van der Waals surface area contributed by atoms with Crippen molar-refractivity contribution in [2.24, 2.45) is 0 Å². The first-order valence-electron chi connectivity index (χ1n) is 3.66. The zero-order chi connectivity index (χ0) is 9.84. The number of thioether (sulfide) groups is 1. The fourth-order valence-electron chi connectivity index (χ4n) is 0.832. The summed E-state index contributed by atoms with van der Waals surface area (Å²) < 4.78 is 12.6. The maximum absolute atomic E-state index is 12.6. The lowest BCUT2D eigenvalue weighted by Crippen LogP contribution is -2.01. The summed E-state index contributed by atoms with van der Waals surface area (Å²) in [5.41, 5.74) is -0.0770. The Bertz CT molecular complexity index is 330. The Hall–Kier alpha value is -1.10. The summed E-state index contributed by atoms with van der Waals surface area (Å²) in [6.07, 6.45) is 1.02. The number of hydrogen-bond donors (Lipinski definition) is 1. The first kappa shape index (κ1) is 9.98. The number of carboxylic acids is 1. The van der Waals surface area contributed by atoms with Gasteiger partial charge in [0.1, 0.15) is 10.8 Å². The minimum atomic E-state index is -1.15. The van der Waals surface area contributed by atoms with E-state index in [0.717, 1.165) is 12.3 Å². The molecular weight excluding hydrogens is 193 g/mol. The lowest BCUT2D eigenvalue weighted by molar-refractivity contribution is 0.0691. The van der Waals surface area contributed by atoms with Crippen LogP contribution in [0.1, 0.15) is 17.3 Å². The minimum absolute atomic E-state index is 0.0770. The molecule has 0 aliphatic carbocycles. The van der Waals surface area contributed by atoms with E-state index in [-0.39, 0.29) is 5.56 Å². The Morgan fingerprint density at radius 3 is 3.00 bits per heavy atom. The van der Waals surface area contributed by atoms with Crippen molar-refractivity contribution in [2.75, 3.05) is 5.75 Å². The molecule has 0 aromatic carbocycles. The van der Waals surface area contributed by atoms with Crippen molar-refractivity contribution in [3.05, 3.63) is 23.6 Å². The highest BCUT2D eigenvalue weighted by molar-refractivity contribution is 7.99. The Morgan fingerprint density at radius 1 is 1.77 bits per heavy atom. The van der Waals surface area contributed by atoms with E-state index in [2.05, 4.69) is 4.98 Å². The SMILES string of the molecule is CCSc1ncc(F)cc1C(=O)O. The highest BCUT2D eigenvalue weighted by atomic mass is 32.2. The first-order valence-corrected chi connectivity index (χ1v) is 4.65. The van der Waals surface area contributed by atoms with Crippen molar-refractivity contribution < 1.29 is 14.3 Å². The van der Waals surface area contributed by atoms with Crippen LogP contribution in [-0.2, 0) is 0 Å². The average Bonchev–Trinajstić information content (AvgIpc) is 2.08. The number of carbonyl (C=O) groups is 1. The van der Waals surface area contributed by atoms with Gasteiger partial charge in [0.15, 0.2) is 0 Å². The molecule has 0 aliphatic rings. The summed E-state index contributed by atoms with van der Waals surface area (Å²) in [7, 11) is 0. The fourth-order valence-corrected chi connectivity index (χ4v) is 1.53. The number of pyridine rings is 1. The quantitative estimate of drug-likeness (QED) is 0.760. The number of halogens is 1. The van der Waals surface area contributed by atoms with E-state index in [4.69, 9.17) is 5.11 Å². The van der Waals surface area contributed by atoms with Gasteiger partial charge in [0.25, 0.3) is 0 Å². The van der Waals surface area contributed by atoms with Gasteiger partial charge in [-0.3, -0.25) is 0 Å². The third-order valence-electron chi connectivity index (χ3n) is 1.33. The molecule has 1 aromatic heterocycles. The number of aromatic carboxylic acids is 1. The number of aromatic nitrogens is 1. The van der Waals surface area contributed by atoms with Crippen LogP contribution >= 0.6 is 11.8 Å². The minimum Gasteiger partial charge on any atom is -0.478 e. The normalized spacial score (nSPS) is 10.0. The molecule has 3 nitrogen and oxygen atoms in total. The molecule has 0 saturated heterocycles. The van der Waals surface area contributed by atoms with Gasteiger partial charge in [-0.05, 0) is 11.8 Å². The molecule has 0 aliphatic heterocycles. The third kappa shape index (κ3) is 2.42. The van der Waals surface area contributed by atoms with Gasteiger partial charge in [0.05, 0.1) is 11.8 Å². The molecule has 0 bridgehead atoms. The molecule has 0 unspecified atom stereocenters. The zero-order valence-electron chi connectivity index (χ0n) is 6.95. The predicted molar refractivity (Wildman–Crippen MR) is 47.6 cm³/mol. The van der Waals surface area contributed by atoms with Gasteiger partial charge >= 0.3 is 5.97 Å². The van der Waals surface area contributed by atoms with Crippen LogP contribution in [0, 0.1) is 5.82 Å². The van der Waals surface area contributed by atoms with Crippen LogP contribution in [0.3, 0.4) is 0 Å². The van der Waals surface area contributed by atoms with E-state index >= 15 is 0 Å². The van der Waals surface area contributed by atoms with E-state index in [1.165, 1.54) is 11.8 Å². The maximum Gasteiger partial charge on any atom is 0.338 e. The molecule has 0 saturated carbocycles. The second kappa shape index (κ2) is 4.23. The molecule has 13 heavy (non-hydrogen) atoms. The summed E-state index contributed by atoms with van der Waals surface area (Å²) in [6.45, 7) is 1.88. The van der Waals surface area contributed by atoms with Gasteiger partial charge in [0.2, 0.25) is 0 Å². The highest BCUT2D eigenvalue weighted by Gasteiger charge is 2.12. The Morgan fingerprint density at radius 2 is 2.46 bits per heavy atom. The van der Waals surface area contributed by atoms with Gasteiger partial charge in [-0.2, -0.15) is 0 Å². The molecule has 0 fully saturated rings. The molecule has 0 spiro atoms. The summed E-state index contributed by atoms with van der Waals surface area (Å²) >= 11 is 1.28. The van der Waals surface area contributed by atoms with Crippen molar-refractivity contribution in [3.8, 4) is 0 Å². The first-order chi connectivity index (χ1) is 6.15. The monoisotopic (exact) mass is 201 g/mol. The van der Waals surface area contributed by atoms with Crippen molar-refractivity contribution in [1.29, 1.82) is 0 Å². The van der Waals surface area contributed by atoms with Crippen LogP contribution in [0.15, 0.2) is 17.3 Å². The van der Waals surface area contributed by atoms with Crippen LogP contribution in [0.2, 0.25) is 0 Å². The lowest BCUT2D eigenvalue weighted by atomic mass is 10.3. The van der Waals surface area contributed by atoms with Crippen LogP contribution < -0.4 is 0 Å². The van der Waals surface area contributed by atoms with Gasteiger partial charge in [-0.1, -0.05) is 6.92 Å². The molecule has 1 heterocycles. The van der Waals surface area contributed by atoms with Gasteiger partial charge in [-0.15, -0.1) is 11.8 Å². The molecule has 0 atom stereocenters. The molecule has 0 amide bonds. The second-order valence-corrected chi connectivity index (χ2v) is 3.50. The largest absolute Gasteiger partial charge is 0.478 e. The number of nitrogens with zero attached hydrogens (tertiary/aromatic N) is 1. The molecule has 70 valence electrons. The highest BCUT2D eigenvalue weighted by Crippen LogP contribution is 2.20. The van der Waals surface area contributed by atoms with Gasteiger partial charge in [0, 0.05) is 0 Å². The summed E-state index contributed by atoms with van der Waals surface area (Å²) in [4.78, 5) is 14.3. The van der Waals surface area contributed by atoms with Gasteiger partial charge < -0.3 is 5.11 Å². The lowest BCUT2D eigenvalue weighted by Gasteiger charge is -2.01. The van der Waals surface area contributed by atoms with Crippen LogP contribution in [-0.4, -0.2) is 21.8 Å². The zero-order valence-corrected chi connectivity index (χ0v) is 7.77. The van der Waals surface area contributed by atoms with E-state index < -0.39 is 11.8 Å². The standard InChI is InChI=1S/C8H8FNO2S/c1-2-13-7-6(8(11)12)3-5(9)4-10-7/h3-4H,2H2,1H3,(H,11,12). The summed E-state index contributed by atoms with van der Waals surface area (Å²) in [6, 6.07) is 0.979. The van der Waals surface area contributed by atoms with Crippen LogP contribution in [0.5, 0.6) is 0 Å². The summed E-state index contributed by atoms with van der Waals surface area (Å²) in [5.74, 6) is -1.07.